The summed E-state index contributed by atoms with van der Waals surface area (Å²) in [4.78, 5) is 0. The van der Waals surface area contributed by atoms with Gasteiger partial charge in [-0.2, -0.15) is 0 Å². The monoisotopic (exact) mass is 144 g/mol. The second kappa shape index (κ2) is 3.94. The van der Waals surface area contributed by atoms with Gasteiger partial charge in [-0.15, -0.1) is 0 Å². The third kappa shape index (κ3) is 1.70. The van der Waals surface area contributed by atoms with Crippen LogP contribution in [-0.4, -0.2) is 19.5 Å². The molecule has 0 aromatic carbocycles. The molecule has 60 valence electrons. The number of hydrogen-bond acceptors (Lipinski definition) is 2. The first kappa shape index (κ1) is 8.02. The molecule has 1 rings (SSSR count). The van der Waals surface area contributed by atoms with E-state index in [4.69, 9.17) is 9.47 Å². The summed E-state index contributed by atoms with van der Waals surface area (Å²) >= 11 is 0. The standard InChI is InChI=1S/C8H16O2/c1-3-5-9-8-7(4-2)6-10-8/h7-8H,3-6H2,1-2H3. The number of ether oxygens (including phenoxy) is 2. The van der Waals surface area contributed by atoms with Gasteiger partial charge in [-0.3, -0.25) is 0 Å². The molecule has 2 unspecified atom stereocenters. The first-order valence-electron chi connectivity index (χ1n) is 4.11. The quantitative estimate of drug-likeness (QED) is 0.599. The second-order valence-corrected chi connectivity index (χ2v) is 2.74. The van der Waals surface area contributed by atoms with Crippen LogP contribution in [0.1, 0.15) is 26.7 Å². The lowest BCUT2D eigenvalue weighted by Gasteiger charge is -2.35. The third-order valence-corrected chi connectivity index (χ3v) is 1.87. The Labute approximate surface area is 62.5 Å². The molecule has 0 aromatic heterocycles. The summed E-state index contributed by atoms with van der Waals surface area (Å²) in [5.41, 5.74) is 0. The van der Waals surface area contributed by atoms with Crippen LogP contribution >= 0.6 is 0 Å². The average molecular weight is 144 g/mol. The van der Waals surface area contributed by atoms with E-state index in [1.165, 1.54) is 6.42 Å². The zero-order valence-electron chi connectivity index (χ0n) is 6.80. The van der Waals surface area contributed by atoms with Crippen molar-refractivity contribution in [2.24, 2.45) is 5.92 Å². The molecule has 1 saturated heterocycles. The topological polar surface area (TPSA) is 18.5 Å². The molecular weight excluding hydrogens is 128 g/mol. The largest absolute Gasteiger partial charge is 0.352 e. The van der Waals surface area contributed by atoms with E-state index in [-0.39, 0.29) is 6.29 Å². The van der Waals surface area contributed by atoms with Crippen LogP contribution in [0.3, 0.4) is 0 Å². The van der Waals surface area contributed by atoms with Gasteiger partial charge in [0.25, 0.3) is 0 Å². The maximum Gasteiger partial charge on any atom is 0.162 e. The highest BCUT2D eigenvalue weighted by molar-refractivity contribution is 4.69. The van der Waals surface area contributed by atoms with E-state index >= 15 is 0 Å². The van der Waals surface area contributed by atoms with Crippen molar-refractivity contribution in [1.82, 2.24) is 0 Å². The van der Waals surface area contributed by atoms with E-state index in [1.54, 1.807) is 0 Å². The summed E-state index contributed by atoms with van der Waals surface area (Å²) in [6.45, 7) is 6.02. The minimum absolute atomic E-state index is 0.116. The molecule has 0 saturated carbocycles. The zero-order valence-corrected chi connectivity index (χ0v) is 6.80. The molecule has 1 aliphatic rings. The smallest absolute Gasteiger partial charge is 0.162 e. The molecule has 0 aliphatic carbocycles. The molecule has 2 heteroatoms. The minimum Gasteiger partial charge on any atom is -0.352 e. The molecular formula is C8H16O2. The van der Waals surface area contributed by atoms with E-state index in [1.807, 2.05) is 0 Å². The van der Waals surface area contributed by atoms with Crippen molar-refractivity contribution in [3.8, 4) is 0 Å². The highest BCUT2D eigenvalue weighted by atomic mass is 16.7. The molecule has 1 aliphatic heterocycles. The third-order valence-electron chi connectivity index (χ3n) is 1.87. The first-order chi connectivity index (χ1) is 4.88. The zero-order chi connectivity index (χ0) is 7.40. The molecule has 1 heterocycles. The van der Waals surface area contributed by atoms with Crippen molar-refractivity contribution in [2.45, 2.75) is 33.0 Å². The predicted octanol–water partition coefficient (Wildman–Crippen LogP) is 1.80. The SMILES string of the molecule is CCCOC1OCC1CC. The van der Waals surface area contributed by atoms with Gasteiger partial charge in [0, 0.05) is 12.5 Å². The van der Waals surface area contributed by atoms with Gasteiger partial charge in [-0.1, -0.05) is 13.8 Å². The Morgan fingerprint density at radius 3 is 2.70 bits per heavy atom. The molecule has 10 heavy (non-hydrogen) atoms. The predicted molar refractivity (Wildman–Crippen MR) is 39.8 cm³/mol. The summed E-state index contributed by atoms with van der Waals surface area (Å²) in [5, 5.41) is 0. The van der Waals surface area contributed by atoms with Crippen LogP contribution < -0.4 is 0 Å². The van der Waals surface area contributed by atoms with Crippen LogP contribution in [0.15, 0.2) is 0 Å². The van der Waals surface area contributed by atoms with E-state index in [0.29, 0.717) is 5.92 Å². The average Bonchev–Trinajstić information content (AvgIpc) is 1.88. The molecule has 0 N–H and O–H groups in total. The van der Waals surface area contributed by atoms with E-state index in [0.717, 1.165) is 19.6 Å². The molecule has 1 fully saturated rings. The number of hydrogen-bond donors (Lipinski definition) is 0. The molecule has 2 nitrogen and oxygen atoms in total. The van der Waals surface area contributed by atoms with Crippen molar-refractivity contribution < 1.29 is 9.47 Å². The Balaban J connectivity index is 2.05. The molecule has 0 aromatic rings. The van der Waals surface area contributed by atoms with Crippen LogP contribution in [0.5, 0.6) is 0 Å². The maximum atomic E-state index is 5.41. The summed E-state index contributed by atoms with van der Waals surface area (Å²) in [7, 11) is 0. The number of rotatable bonds is 4. The Morgan fingerprint density at radius 1 is 1.50 bits per heavy atom. The lowest BCUT2D eigenvalue weighted by atomic mass is 10.0. The van der Waals surface area contributed by atoms with Crippen LogP contribution in [0.4, 0.5) is 0 Å². The maximum absolute atomic E-state index is 5.41. The van der Waals surface area contributed by atoms with Crippen LogP contribution in [-0.2, 0) is 9.47 Å². The van der Waals surface area contributed by atoms with Gasteiger partial charge >= 0.3 is 0 Å². The Bertz CT molecular complexity index is 91.3. The fraction of sp³-hybridized carbons (Fsp3) is 1.00. The second-order valence-electron chi connectivity index (χ2n) is 2.74. The lowest BCUT2D eigenvalue weighted by molar-refractivity contribution is -0.258. The van der Waals surface area contributed by atoms with Gasteiger partial charge in [0.1, 0.15) is 0 Å². The van der Waals surface area contributed by atoms with Gasteiger partial charge in [0.15, 0.2) is 6.29 Å². The highest BCUT2D eigenvalue weighted by Gasteiger charge is 2.30. The van der Waals surface area contributed by atoms with E-state index < -0.39 is 0 Å². The van der Waals surface area contributed by atoms with Crippen LogP contribution in [0.25, 0.3) is 0 Å². The highest BCUT2D eigenvalue weighted by Crippen LogP contribution is 2.24. The van der Waals surface area contributed by atoms with Gasteiger partial charge in [-0.05, 0) is 12.8 Å². The molecule has 0 amide bonds. The Kier molecular flexibility index (Phi) is 3.16. The summed E-state index contributed by atoms with van der Waals surface area (Å²) in [6.07, 6.45) is 2.37. The Morgan fingerprint density at radius 2 is 2.30 bits per heavy atom. The van der Waals surface area contributed by atoms with Crippen LogP contribution in [0, 0.1) is 5.92 Å². The van der Waals surface area contributed by atoms with Crippen molar-refractivity contribution in [3.05, 3.63) is 0 Å². The molecule has 2 atom stereocenters. The van der Waals surface area contributed by atoms with Gasteiger partial charge in [0.05, 0.1) is 6.61 Å². The van der Waals surface area contributed by atoms with Gasteiger partial charge in [-0.25, -0.2) is 0 Å². The normalized spacial score (nSPS) is 31.8. The summed E-state index contributed by atoms with van der Waals surface area (Å²) in [5.74, 6) is 0.659. The van der Waals surface area contributed by atoms with Crippen molar-refractivity contribution in [1.29, 1.82) is 0 Å². The van der Waals surface area contributed by atoms with Gasteiger partial charge in [0.2, 0.25) is 0 Å². The minimum atomic E-state index is 0.116. The van der Waals surface area contributed by atoms with Crippen LogP contribution in [0.2, 0.25) is 0 Å². The molecule has 0 bridgehead atoms. The van der Waals surface area contributed by atoms with Crippen molar-refractivity contribution >= 4 is 0 Å². The summed E-state index contributed by atoms with van der Waals surface area (Å²) in [6, 6.07) is 0. The molecule has 0 spiro atoms. The van der Waals surface area contributed by atoms with E-state index in [2.05, 4.69) is 13.8 Å². The lowest BCUT2D eigenvalue weighted by Crippen LogP contribution is -2.41. The first-order valence-corrected chi connectivity index (χ1v) is 4.11. The molecule has 0 radical (unpaired) electrons. The van der Waals surface area contributed by atoms with Crippen molar-refractivity contribution in [3.63, 3.8) is 0 Å². The van der Waals surface area contributed by atoms with E-state index in [9.17, 15) is 0 Å². The van der Waals surface area contributed by atoms with Gasteiger partial charge < -0.3 is 9.47 Å². The Hall–Kier alpha value is -0.0800. The summed E-state index contributed by atoms with van der Waals surface area (Å²) < 4.78 is 10.6. The van der Waals surface area contributed by atoms with Crippen molar-refractivity contribution in [2.75, 3.05) is 13.2 Å². The fourth-order valence-electron chi connectivity index (χ4n) is 1.04. The fourth-order valence-corrected chi connectivity index (χ4v) is 1.04.